The number of nitrogens with zero attached hydrogens (tertiary/aromatic N) is 1. The first-order valence-corrected chi connectivity index (χ1v) is 6.46. The third-order valence-electron chi connectivity index (χ3n) is 3.23. The lowest BCUT2D eigenvalue weighted by Gasteiger charge is -2.17. The summed E-state index contributed by atoms with van der Waals surface area (Å²) in [6.45, 7) is 3.00. The fourth-order valence-corrected chi connectivity index (χ4v) is 2.20. The van der Waals surface area contributed by atoms with Gasteiger partial charge in [-0.1, -0.05) is 12.1 Å². The molecule has 0 aromatic heterocycles. The Labute approximate surface area is 113 Å². The van der Waals surface area contributed by atoms with Crippen LogP contribution in [0.15, 0.2) is 24.3 Å². The number of aliphatic hydroxyl groups excluding tert-OH is 1. The van der Waals surface area contributed by atoms with Gasteiger partial charge in [0.15, 0.2) is 0 Å². The van der Waals surface area contributed by atoms with Gasteiger partial charge in [-0.3, -0.25) is 0 Å². The second kappa shape index (κ2) is 6.54. The maximum atomic E-state index is 10.6. The van der Waals surface area contributed by atoms with Crippen molar-refractivity contribution in [2.75, 3.05) is 19.6 Å². The molecular formula is C14H19N2O3. The molecule has 1 aromatic rings. The molecule has 1 aliphatic rings. The highest BCUT2D eigenvalue weighted by Crippen LogP contribution is 2.20. The fourth-order valence-electron chi connectivity index (χ4n) is 2.20. The van der Waals surface area contributed by atoms with Crippen molar-refractivity contribution in [2.45, 2.75) is 18.9 Å². The van der Waals surface area contributed by atoms with Crippen LogP contribution in [0, 0.1) is 6.42 Å². The van der Waals surface area contributed by atoms with Crippen molar-refractivity contribution < 1.29 is 14.6 Å². The number of rotatable bonds is 5. The molecule has 1 amide bonds. The Balaban J connectivity index is 1.84. The van der Waals surface area contributed by atoms with Crippen LogP contribution in [0.25, 0.3) is 0 Å². The molecule has 1 unspecified atom stereocenters. The van der Waals surface area contributed by atoms with Crippen molar-refractivity contribution in [3.05, 3.63) is 36.2 Å². The number of hydrogen-bond acceptors (Lipinski definition) is 4. The Hall–Kier alpha value is -1.59. The van der Waals surface area contributed by atoms with Crippen LogP contribution in [0.3, 0.4) is 0 Å². The highest BCUT2D eigenvalue weighted by atomic mass is 16.5. The molecule has 5 nitrogen and oxygen atoms in total. The van der Waals surface area contributed by atoms with Crippen LogP contribution in [0.1, 0.15) is 24.5 Å². The number of amides is 1. The van der Waals surface area contributed by atoms with Crippen molar-refractivity contribution in [1.29, 1.82) is 0 Å². The molecule has 0 aliphatic carbocycles. The number of carbonyl (C=O) groups excluding carboxylic acids is 1. The monoisotopic (exact) mass is 263 g/mol. The summed E-state index contributed by atoms with van der Waals surface area (Å²) in [7, 11) is 0. The molecular weight excluding hydrogens is 244 g/mol. The molecule has 2 rings (SSSR count). The lowest BCUT2D eigenvalue weighted by Crippen LogP contribution is -2.22. The summed E-state index contributed by atoms with van der Waals surface area (Å²) in [4.78, 5) is 12.9. The van der Waals surface area contributed by atoms with Gasteiger partial charge in [-0.15, -0.1) is 0 Å². The summed E-state index contributed by atoms with van der Waals surface area (Å²) in [5.74, 6) is 0.378. The molecule has 1 radical (unpaired) electrons. The van der Waals surface area contributed by atoms with E-state index in [1.807, 2.05) is 6.42 Å². The quantitative estimate of drug-likeness (QED) is 0.843. The predicted molar refractivity (Wildman–Crippen MR) is 71.6 cm³/mol. The van der Waals surface area contributed by atoms with Crippen LogP contribution in [0.5, 0.6) is 5.75 Å². The average molecular weight is 263 g/mol. The van der Waals surface area contributed by atoms with Gasteiger partial charge in [0, 0.05) is 13.0 Å². The molecule has 19 heavy (non-hydrogen) atoms. The molecule has 103 valence electrons. The van der Waals surface area contributed by atoms with E-state index in [-0.39, 0.29) is 0 Å². The SMILES string of the molecule is NC(=O)Oc1ccc(C(O)[CH]CN2CCCC2)cc1. The van der Waals surface area contributed by atoms with Gasteiger partial charge in [0.2, 0.25) is 0 Å². The largest absolute Gasteiger partial charge is 0.411 e. The van der Waals surface area contributed by atoms with E-state index in [4.69, 9.17) is 10.5 Å². The second-order valence-corrected chi connectivity index (χ2v) is 4.68. The minimum absolute atomic E-state index is 0.378. The number of hydrogen-bond donors (Lipinski definition) is 2. The van der Waals surface area contributed by atoms with Crippen LogP contribution in [0.4, 0.5) is 4.79 Å². The summed E-state index contributed by atoms with van der Waals surface area (Å²) in [6, 6.07) is 6.69. The third-order valence-corrected chi connectivity index (χ3v) is 3.23. The molecule has 1 aromatic carbocycles. The Kier molecular flexibility index (Phi) is 4.76. The highest BCUT2D eigenvalue weighted by molar-refractivity contribution is 5.68. The van der Waals surface area contributed by atoms with Gasteiger partial charge in [0.25, 0.3) is 0 Å². The molecule has 1 fully saturated rings. The normalized spacial score (nSPS) is 17.3. The summed E-state index contributed by atoms with van der Waals surface area (Å²) >= 11 is 0. The maximum absolute atomic E-state index is 10.6. The second-order valence-electron chi connectivity index (χ2n) is 4.68. The summed E-state index contributed by atoms with van der Waals surface area (Å²) in [6.07, 6.45) is 2.92. The molecule has 3 N–H and O–H groups in total. The first-order chi connectivity index (χ1) is 9.15. The van der Waals surface area contributed by atoms with Gasteiger partial charge >= 0.3 is 6.09 Å². The molecule has 1 atom stereocenters. The van der Waals surface area contributed by atoms with Crippen molar-refractivity contribution in [1.82, 2.24) is 4.90 Å². The number of ether oxygens (including phenoxy) is 1. The van der Waals surface area contributed by atoms with E-state index in [0.29, 0.717) is 5.75 Å². The molecule has 1 saturated heterocycles. The number of nitrogens with two attached hydrogens (primary N) is 1. The summed E-state index contributed by atoms with van der Waals surface area (Å²) in [5.41, 5.74) is 5.69. The predicted octanol–water partition coefficient (Wildman–Crippen LogP) is 1.48. The van der Waals surface area contributed by atoms with Crippen molar-refractivity contribution in [2.24, 2.45) is 5.73 Å². The van der Waals surface area contributed by atoms with Crippen molar-refractivity contribution >= 4 is 6.09 Å². The van der Waals surface area contributed by atoms with Crippen molar-refractivity contribution in [3.63, 3.8) is 0 Å². The van der Waals surface area contributed by atoms with Gasteiger partial charge in [-0.05, 0) is 43.6 Å². The number of aliphatic hydroxyl groups is 1. The zero-order valence-electron chi connectivity index (χ0n) is 10.8. The van der Waals surface area contributed by atoms with Crippen LogP contribution in [0.2, 0.25) is 0 Å². The van der Waals surface area contributed by atoms with Crippen molar-refractivity contribution in [3.8, 4) is 5.75 Å². The van der Waals surface area contributed by atoms with Crippen LogP contribution in [-0.2, 0) is 0 Å². The molecule has 5 heteroatoms. The van der Waals surface area contributed by atoms with Gasteiger partial charge in [0.05, 0.1) is 6.10 Å². The van der Waals surface area contributed by atoms with E-state index in [9.17, 15) is 9.90 Å². The van der Waals surface area contributed by atoms with E-state index < -0.39 is 12.2 Å². The Morgan fingerprint density at radius 2 is 2.00 bits per heavy atom. The van der Waals surface area contributed by atoms with E-state index in [0.717, 1.165) is 25.2 Å². The summed E-state index contributed by atoms with van der Waals surface area (Å²) < 4.78 is 4.73. The minimum Gasteiger partial charge on any atom is -0.411 e. The zero-order chi connectivity index (χ0) is 13.7. The Morgan fingerprint density at radius 3 is 2.58 bits per heavy atom. The van der Waals surface area contributed by atoms with Gasteiger partial charge in [-0.2, -0.15) is 0 Å². The van der Waals surface area contributed by atoms with Gasteiger partial charge < -0.3 is 20.5 Å². The third kappa shape index (κ3) is 4.22. The van der Waals surface area contributed by atoms with E-state index in [2.05, 4.69) is 4.90 Å². The zero-order valence-corrected chi connectivity index (χ0v) is 10.8. The number of benzene rings is 1. The van der Waals surface area contributed by atoms with Crippen LogP contribution < -0.4 is 10.5 Å². The lowest BCUT2D eigenvalue weighted by atomic mass is 10.1. The molecule has 0 bridgehead atoms. The molecule has 0 spiro atoms. The fraction of sp³-hybridized carbons (Fsp3) is 0.429. The minimum atomic E-state index is -0.839. The highest BCUT2D eigenvalue weighted by Gasteiger charge is 2.14. The number of primary amides is 1. The van der Waals surface area contributed by atoms with E-state index in [1.165, 1.54) is 12.8 Å². The van der Waals surface area contributed by atoms with E-state index in [1.54, 1.807) is 24.3 Å². The topological polar surface area (TPSA) is 75.8 Å². The average Bonchev–Trinajstić information content (AvgIpc) is 2.89. The van der Waals surface area contributed by atoms with Gasteiger partial charge in [-0.25, -0.2) is 4.79 Å². The first-order valence-electron chi connectivity index (χ1n) is 6.46. The standard InChI is InChI=1S/C14H19N2O3/c15-14(18)19-12-5-3-11(4-6-12)13(17)7-10-16-8-1-2-9-16/h3-7,13,17H,1-2,8-10H2,(H2,15,18). The smallest absolute Gasteiger partial charge is 0.409 e. The molecule has 0 saturated carbocycles. The van der Waals surface area contributed by atoms with Crippen LogP contribution >= 0.6 is 0 Å². The van der Waals surface area contributed by atoms with E-state index >= 15 is 0 Å². The van der Waals surface area contributed by atoms with Crippen LogP contribution in [-0.4, -0.2) is 35.7 Å². The first kappa shape index (κ1) is 13.8. The Morgan fingerprint density at radius 1 is 1.37 bits per heavy atom. The molecule has 1 aliphatic heterocycles. The Bertz CT molecular complexity index is 413. The number of carbonyl (C=O) groups is 1. The van der Waals surface area contributed by atoms with Gasteiger partial charge in [0.1, 0.15) is 5.75 Å². The summed E-state index contributed by atoms with van der Waals surface area (Å²) in [5, 5.41) is 10.0. The number of likely N-dealkylation sites (tertiary alicyclic amines) is 1. The lowest BCUT2D eigenvalue weighted by molar-refractivity contribution is 0.195. The molecule has 1 heterocycles. The maximum Gasteiger partial charge on any atom is 0.409 e.